The molecule has 0 spiro atoms. The maximum Gasteiger partial charge on any atom is 0.0449 e. The van der Waals surface area contributed by atoms with E-state index in [2.05, 4.69) is 41.8 Å². The van der Waals surface area contributed by atoms with Crippen molar-refractivity contribution in [3.8, 4) is 0 Å². The third-order valence-corrected chi connectivity index (χ3v) is 2.60. The van der Waals surface area contributed by atoms with Crippen LogP contribution in [0.5, 0.6) is 0 Å². The first kappa shape index (κ1) is 11.5. The largest absolute Gasteiger partial charge is 0.314 e. The van der Waals surface area contributed by atoms with E-state index in [1.165, 1.54) is 11.1 Å². The molecule has 1 fully saturated rings. The molecule has 0 radical (unpaired) electrons. The molecule has 78 valence electrons. The average Bonchev–Trinajstić information content (AvgIpc) is 2.20. The predicted molar refractivity (Wildman–Crippen MR) is 62.0 cm³/mol. The first-order chi connectivity index (χ1) is 6.38. The Hall–Kier alpha value is -0.570. The summed E-state index contributed by atoms with van der Waals surface area (Å²) < 4.78 is 0. The van der Waals surface area contributed by atoms with Crippen molar-refractivity contribution in [1.29, 1.82) is 0 Å². The quantitative estimate of drug-likeness (QED) is 0.740. The number of aryl methyl sites for hydroxylation is 1. The molecule has 0 bridgehead atoms. The summed E-state index contributed by atoms with van der Waals surface area (Å²) in [6, 6.07) is 9.08. The van der Waals surface area contributed by atoms with Crippen LogP contribution in [-0.4, -0.2) is 19.6 Å². The van der Waals surface area contributed by atoms with Crippen molar-refractivity contribution < 1.29 is 0 Å². The van der Waals surface area contributed by atoms with Crippen molar-refractivity contribution in [1.82, 2.24) is 10.6 Å². The lowest BCUT2D eigenvalue weighted by atomic mass is 10.0. The monoisotopic (exact) mass is 212 g/mol. The predicted octanol–water partition coefficient (Wildman–Crippen LogP) is 1.65. The summed E-state index contributed by atoms with van der Waals surface area (Å²) in [5.41, 5.74) is 2.80. The van der Waals surface area contributed by atoms with Crippen LogP contribution in [0.25, 0.3) is 0 Å². The van der Waals surface area contributed by atoms with Gasteiger partial charge in [0.15, 0.2) is 0 Å². The molecule has 2 nitrogen and oxygen atoms in total. The zero-order chi connectivity index (χ0) is 9.10. The Morgan fingerprint density at radius 2 is 2.00 bits per heavy atom. The van der Waals surface area contributed by atoms with Gasteiger partial charge in [-0.25, -0.2) is 0 Å². The smallest absolute Gasteiger partial charge is 0.0449 e. The fourth-order valence-electron chi connectivity index (χ4n) is 1.85. The number of rotatable bonds is 1. The van der Waals surface area contributed by atoms with E-state index in [-0.39, 0.29) is 12.4 Å². The van der Waals surface area contributed by atoms with Crippen molar-refractivity contribution in [2.24, 2.45) is 0 Å². The van der Waals surface area contributed by atoms with Crippen LogP contribution in [0, 0.1) is 6.92 Å². The van der Waals surface area contributed by atoms with Gasteiger partial charge in [0.05, 0.1) is 0 Å². The molecule has 1 aliphatic rings. The molecule has 2 rings (SSSR count). The average molecular weight is 213 g/mol. The SMILES string of the molecule is Cc1ccccc1C1CNCCN1.Cl. The number of piperazine rings is 1. The first-order valence-electron chi connectivity index (χ1n) is 4.87. The van der Waals surface area contributed by atoms with Crippen LogP contribution in [0.4, 0.5) is 0 Å². The second kappa shape index (κ2) is 5.35. The third-order valence-electron chi connectivity index (χ3n) is 2.60. The van der Waals surface area contributed by atoms with Crippen LogP contribution in [-0.2, 0) is 0 Å². The van der Waals surface area contributed by atoms with E-state index in [1.54, 1.807) is 0 Å². The molecular weight excluding hydrogens is 196 g/mol. The third kappa shape index (κ3) is 2.47. The Bertz CT molecular complexity index is 282. The number of hydrogen-bond donors (Lipinski definition) is 2. The van der Waals surface area contributed by atoms with Gasteiger partial charge in [-0.15, -0.1) is 12.4 Å². The molecule has 1 aromatic carbocycles. The van der Waals surface area contributed by atoms with Crippen LogP contribution >= 0.6 is 12.4 Å². The number of halogens is 1. The maximum absolute atomic E-state index is 3.51. The molecule has 0 aliphatic carbocycles. The van der Waals surface area contributed by atoms with Crippen molar-refractivity contribution in [2.45, 2.75) is 13.0 Å². The van der Waals surface area contributed by atoms with Gasteiger partial charge in [0.2, 0.25) is 0 Å². The molecule has 2 N–H and O–H groups in total. The van der Waals surface area contributed by atoms with Gasteiger partial charge in [0.1, 0.15) is 0 Å². The van der Waals surface area contributed by atoms with Crippen LogP contribution in [0.15, 0.2) is 24.3 Å². The van der Waals surface area contributed by atoms with Crippen LogP contribution in [0.2, 0.25) is 0 Å². The van der Waals surface area contributed by atoms with Crippen molar-refractivity contribution in [2.75, 3.05) is 19.6 Å². The Morgan fingerprint density at radius 3 is 2.64 bits per heavy atom. The standard InChI is InChI=1S/C11H16N2.ClH/c1-9-4-2-3-5-10(9)11-8-12-6-7-13-11;/h2-5,11-13H,6-8H2,1H3;1H. The van der Waals surface area contributed by atoms with Gasteiger partial charge in [-0.2, -0.15) is 0 Å². The fourth-order valence-corrected chi connectivity index (χ4v) is 1.85. The molecule has 0 saturated carbocycles. The van der Waals surface area contributed by atoms with Gasteiger partial charge in [-0.3, -0.25) is 0 Å². The summed E-state index contributed by atoms with van der Waals surface area (Å²) in [7, 11) is 0. The molecule has 0 aromatic heterocycles. The Labute approximate surface area is 91.5 Å². The molecule has 1 unspecified atom stereocenters. The fraction of sp³-hybridized carbons (Fsp3) is 0.455. The molecule has 1 aromatic rings. The molecule has 14 heavy (non-hydrogen) atoms. The van der Waals surface area contributed by atoms with Gasteiger partial charge in [-0.1, -0.05) is 24.3 Å². The van der Waals surface area contributed by atoms with Gasteiger partial charge >= 0.3 is 0 Å². The van der Waals surface area contributed by atoms with E-state index in [0.29, 0.717) is 6.04 Å². The molecule has 3 heteroatoms. The van der Waals surface area contributed by atoms with E-state index in [0.717, 1.165) is 19.6 Å². The summed E-state index contributed by atoms with van der Waals surface area (Å²) in [5.74, 6) is 0. The number of benzene rings is 1. The van der Waals surface area contributed by atoms with Gasteiger partial charge in [-0.05, 0) is 18.1 Å². The summed E-state index contributed by atoms with van der Waals surface area (Å²) in [6.45, 7) is 5.37. The summed E-state index contributed by atoms with van der Waals surface area (Å²) in [4.78, 5) is 0. The minimum absolute atomic E-state index is 0. The maximum atomic E-state index is 3.51. The molecule has 1 atom stereocenters. The second-order valence-corrected chi connectivity index (χ2v) is 3.57. The Balaban J connectivity index is 0.000000980. The van der Waals surface area contributed by atoms with Crippen molar-refractivity contribution in [3.63, 3.8) is 0 Å². The van der Waals surface area contributed by atoms with E-state index in [4.69, 9.17) is 0 Å². The summed E-state index contributed by atoms with van der Waals surface area (Å²) >= 11 is 0. The topological polar surface area (TPSA) is 24.1 Å². The van der Waals surface area contributed by atoms with E-state index >= 15 is 0 Å². The highest BCUT2D eigenvalue weighted by molar-refractivity contribution is 5.85. The minimum Gasteiger partial charge on any atom is -0.314 e. The van der Waals surface area contributed by atoms with Crippen LogP contribution in [0.1, 0.15) is 17.2 Å². The lowest BCUT2D eigenvalue weighted by molar-refractivity contribution is 0.429. The highest BCUT2D eigenvalue weighted by atomic mass is 35.5. The second-order valence-electron chi connectivity index (χ2n) is 3.57. The van der Waals surface area contributed by atoms with Crippen molar-refractivity contribution >= 4 is 12.4 Å². The van der Waals surface area contributed by atoms with Crippen molar-refractivity contribution in [3.05, 3.63) is 35.4 Å². The molecule has 1 saturated heterocycles. The van der Waals surface area contributed by atoms with E-state index in [9.17, 15) is 0 Å². The highest BCUT2D eigenvalue weighted by Gasteiger charge is 2.14. The van der Waals surface area contributed by atoms with Gasteiger partial charge < -0.3 is 10.6 Å². The zero-order valence-corrected chi connectivity index (χ0v) is 9.23. The van der Waals surface area contributed by atoms with Crippen LogP contribution in [0.3, 0.4) is 0 Å². The molecular formula is C11H17ClN2. The molecule has 1 heterocycles. The first-order valence-corrected chi connectivity index (χ1v) is 4.87. The number of hydrogen-bond acceptors (Lipinski definition) is 2. The molecule has 0 amide bonds. The zero-order valence-electron chi connectivity index (χ0n) is 8.42. The highest BCUT2D eigenvalue weighted by Crippen LogP contribution is 2.17. The van der Waals surface area contributed by atoms with Crippen LogP contribution < -0.4 is 10.6 Å². The number of nitrogens with one attached hydrogen (secondary N) is 2. The Morgan fingerprint density at radius 1 is 1.21 bits per heavy atom. The molecule has 1 aliphatic heterocycles. The normalized spacial score (nSPS) is 21.4. The van der Waals surface area contributed by atoms with E-state index < -0.39 is 0 Å². The summed E-state index contributed by atoms with van der Waals surface area (Å²) in [6.07, 6.45) is 0. The van der Waals surface area contributed by atoms with Gasteiger partial charge in [0, 0.05) is 25.7 Å². The Kier molecular flexibility index (Phi) is 4.39. The summed E-state index contributed by atoms with van der Waals surface area (Å²) in [5, 5.41) is 6.91. The minimum atomic E-state index is 0. The van der Waals surface area contributed by atoms with Gasteiger partial charge in [0.25, 0.3) is 0 Å². The lowest BCUT2D eigenvalue weighted by Crippen LogP contribution is -2.42. The lowest BCUT2D eigenvalue weighted by Gasteiger charge is -2.26. The van der Waals surface area contributed by atoms with E-state index in [1.807, 2.05) is 0 Å².